The molecule has 1 amide bonds. The lowest BCUT2D eigenvalue weighted by molar-refractivity contribution is 0.0664. The second-order valence-corrected chi connectivity index (χ2v) is 4.33. The number of aliphatic hydroxyl groups is 1. The number of rotatable bonds is 5. The summed E-state index contributed by atoms with van der Waals surface area (Å²) in [7, 11) is 0. The first kappa shape index (κ1) is 13.7. The summed E-state index contributed by atoms with van der Waals surface area (Å²) in [6, 6.07) is 7.75. The molecule has 0 heterocycles. The van der Waals surface area contributed by atoms with Gasteiger partial charge in [-0.05, 0) is 31.9 Å². The van der Waals surface area contributed by atoms with Crippen LogP contribution in [0.15, 0.2) is 24.3 Å². The predicted molar refractivity (Wildman–Crippen MR) is 69.1 cm³/mol. The summed E-state index contributed by atoms with van der Waals surface area (Å²) in [5.74, 6) is 0.00602. The van der Waals surface area contributed by atoms with Crippen molar-refractivity contribution in [1.82, 2.24) is 4.90 Å². The molecule has 0 saturated carbocycles. The molecule has 0 unspecified atom stereocenters. The van der Waals surface area contributed by atoms with E-state index < -0.39 is 0 Å². The first-order valence-electron chi connectivity index (χ1n) is 6.11. The topological polar surface area (TPSA) is 40.5 Å². The number of benzene rings is 1. The van der Waals surface area contributed by atoms with Crippen LogP contribution in [0, 0.1) is 0 Å². The molecule has 0 saturated heterocycles. The van der Waals surface area contributed by atoms with Gasteiger partial charge in [-0.25, -0.2) is 0 Å². The third-order valence-electron chi connectivity index (χ3n) is 2.85. The third-order valence-corrected chi connectivity index (χ3v) is 2.85. The van der Waals surface area contributed by atoms with Crippen molar-refractivity contribution < 1.29 is 9.90 Å². The average molecular weight is 235 g/mol. The Hall–Kier alpha value is -1.35. The van der Waals surface area contributed by atoms with Gasteiger partial charge in [0.25, 0.3) is 5.91 Å². The van der Waals surface area contributed by atoms with Gasteiger partial charge in [-0.1, -0.05) is 25.1 Å². The predicted octanol–water partition coefficient (Wildman–Crippen LogP) is 2.09. The fourth-order valence-electron chi connectivity index (χ4n) is 1.89. The molecule has 1 N–H and O–H groups in total. The average Bonchev–Trinajstić information content (AvgIpc) is 2.34. The van der Waals surface area contributed by atoms with E-state index in [2.05, 4.69) is 0 Å². The van der Waals surface area contributed by atoms with Gasteiger partial charge < -0.3 is 10.0 Å². The Balaban J connectivity index is 3.00. The molecule has 3 heteroatoms. The van der Waals surface area contributed by atoms with Gasteiger partial charge >= 0.3 is 0 Å². The number of carbonyl (C=O) groups is 1. The molecule has 1 aromatic rings. The minimum Gasteiger partial charge on any atom is -0.395 e. The zero-order chi connectivity index (χ0) is 12.8. The standard InChI is InChI=1S/C14H21NO2/c1-4-12-7-5-6-8-13(12)14(17)15(9-10-16)11(2)3/h5-8,11,16H,4,9-10H2,1-3H3. The lowest BCUT2D eigenvalue weighted by atomic mass is 10.0. The van der Waals surface area contributed by atoms with Crippen molar-refractivity contribution in [3.05, 3.63) is 35.4 Å². The van der Waals surface area contributed by atoms with Crippen molar-refractivity contribution in [2.45, 2.75) is 33.2 Å². The number of carbonyl (C=O) groups excluding carboxylic acids is 1. The maximum atomic E-state index is 12.4. The van der Waals surface area contributed by atoms with Crippen LogP contribution < -0.4 is 0 Å². The van der Waals surface area contributed by atoms with Crippen LogP contribution in [-0.2, 0) is 6.42 Å². The number of hydrogen-bond donors (Lipinski definition) is 1. The number of aryl methyl sites for hydroxylation is 1. The zero-order valence-electron chi connectivity index (χ0n) is 10.8. The molecule has 0 spiro atoms. The molecule has 0 aliphatic heterocycles. The second-order valence-electron chi connectivity index (χ2n) is 4.33. The van der Waals surface area contributed by atoms with E-state index in [1.54, 1.807) is 4.90 Å². The van der Waals surface area contributed by atoms with Crippen molar-refractivity contribution in [2.24, 2.45) is 0 Å². The van der Waals surface area contributed by atoms with Crippen LogP contribution >= 0.6 is 0 Å². The highest BCUT2D eigenvalue weighted by Crippen LogP contribution is 2.14. The smallest absolute Gasteiger partial charge is 0.254 e. The number of aliphatic hydroxyl groups excluding tert-OH is 1. The van der Waals surface area contributed by atoms with Crippen molar-refractivity contribution in [3.63, 3.8) is 0 Å². The molecule has 3 nitrogen and oxygen atoms in total. The van der Waals surface area contributed by atoms with Gasteiger partial charge in [0.15, 0.2) is 0 Å². The molecule has 0 radical (unpaired) electrons. The van der Waals surface area contributed by atoms with E-state index in [9.17, 15) is 4.79 Å². The van der Waals surface area contributed by atoms with Crippen LogP contribution in [0.1, 0.15) is 36.7 Å². The van der Waals surface area contributed by atoms with Crippen LogP contribution in [-0.4, -0.2) is 35.1 Å². The van der Waals surface area contributed by atoms with Gasteiger partial charge in [0.2, 0.25) is 0 Å². The molecule has 0 aliphatic carbocycles. The number of hydrogen-bond acceptors (Lipinski definition) is 2. The summed E-state index contributed by atoms with van der Waals surface area (Å²) in [6.07, 6.45) is 0.840. The van der Waals surface area contributed by atoms with E-state index in [0.717, 1.165) is 17.5 Å². The molecule has 1 aromatic carbocycles. The Morgan fingerprint density at radius 3 is 2.53 bits per heavy atom. The lowest BCUT2D eigenvalue weighted by Crippen LogP contribution is -2.39. The molecular weight excluding hydrogens is 214 g/mol. The van der Waals surface area contributed by atoms with E-state index in [-0.39, 0.29) is 18.6 Å². The van der Waals surface area contributed by atoms with Crippen molar-refractivity contribution in [3.8, 4) is 0 Å². The minimum absolute atomic E-state index is 0.00177. The van der Waals surface area contributed by atoms with Crippen molar-refractivity contribution >= 4 is 5.91 Å². The fourth-order valence-corrected chi connectivity index (χ4v) is 1.89. The lowest BCUT2D eigenvalue weighted by Gasteiger charge is -2.26. The highest BCUT2D eigenvalue weighted by atomic mass is 16.3. The summed E-state index contributed by atoms with van der Waals surface area (Å²) in [5, 5.41) is 9.01. The van der Waals surface area contributed by atoms with Crippen LogP contribution in [0.2, 0.25) is 0 Å². The van der Waals surface area contributed by atoms with E-state index in [1.807, 2.05) is 45.0 Å². The molecular formula is C14H21NO2. The van der Waals surface area contributed by atoms with Gasteiger partial charge in [-0.2, -0.15) is 0 Å². The Morgan fingerprint density at radius 1 is 1.35 bits per heavy atom. The summed E-state index contributed by atoms with van der Waals surface area (Å²) in [4.78, 5) is 14.1. The van der Waals surface area contributed by atoms with E-state index in [1.165, 1.54) is 0 Å². The summed E-state index contributed by atoms with van der Waals surface area (Å²) < 4.78 is 0. The molecule has 0 atom stereocenters. The fraction of sp³-hybridized carbons (Fsp3) is 0.500. The van der Waals surface area contributed by atoms with Crippen LogP contribution in [0.5, 0.6) is 0 Å². The highest BCUT2D eigenvalue weighted by molar-refractivity contribution is 5.95. The van der Waals surface area contributed by atoms with Gasteiger partial charge in [0.1, 0.15) is 0 Å². The molecule has 0 fully saturated rings. The van der Waals surface area contributed by atoms with Gasteiger partial charge in [-0.15, -0.1) is 0 Å². The first-order valence-corrected chi connectivity index (χ1v) is 6.11. The molecule has 0 aromatic heterocycles. The second kappa shape index (κ2) is 6.40. The third kappa shape index (κ3) is 3.30. The maximum Gasteiger partial charge on any atom is 0.254 e. The normalized spacial score (nSPS) is 10.6. The van der Waals surface area contributed by atoms with E-state index >= 15 is 0 Å². The Bertz CT molecular complexity index is 374. The SMILES string of the molecule is CCc1ccccc1C(=O)N(CCO)C(C)C. The maximum absolute atomic E-state index is 12.4. The molecule has 0 aliphatic rings. The van der Waals surface area contributed by atoms with Crippen molar-refractivity contribution in [2.75, 3.05) is 13.2 Å². The summed E-state index contributed by atoms with van der Waals surface area (Å²) >= 11 is 0. The monoisotopic (exact) mass is 235 g/mol. The summed E-state index contributed by atoms with van der Waals surface area (Å²) in [5.41, 5.74) is 1.80. The zero-order valence-corrected chi connectivity index (χ0v) is 10.8. The molecule has 17 heavy (non-hydrogen) atoms. The number of amides is 1. The van der Waals surface area contributed by atoms with Crippen LogP contribution in [0.25, 0.3) is 0 Å². The molecule has 1 rings (SSSR count). The van der Waals surface area contributed by atoms with Crippen LogP contribution in [0.3, 0.4) is 0 Å². The Morgan fingerprint density at radius 2 is 2.00 bits per heavy atom. The van der Waals surface area contributed by atoms with Gasteiger partial charge in [-0.3, -0.25) is 4.79 Å². The summed E-state index contributed by atoms with van der Waals surface area (Å²) in [6.45, 7) is 6.34. The van der Waals surface area contributed by atoms with Gasteiger partial charge in [0, 0.05) is 18.2 Å². The Labute approximate surface area is 103 Å². The van der Waals surface area contributed by atoms with E-state index in [0.29, 0.717) is 6.54 Å². The highest BCUT2D eigenvalue weighted by Gasteiger charge is 2.19. The largest absolute Gasteiger partial charge is 0.395 e. The molecule has 0 bridgehead atoms. The minimum atomic E-state index is -0.00177. The van der Waals surface area contributed by atoms with Crippen LogP contribution in [0.4, 0.5) is 0 Å². The van der Waals surface area contributed by atoms with E-state index in [4.69, 9.17) is 5.11 Å². The quantitative estimate of drug-likeness (QED) is 0.849. The van der Waals surface area contributed by atoms with Gasteiger partial charge in [0.05, 0.1) is 6.61 Å². The Kier molecular flexibility index (Phi) is 5.16. The van der Waals surface area contributed by atoms with Crippen molar-refractivity contribution in [1.29, 1.82) is 0 Å². The first-order chi connectivity index (χ1) is 8.11. The molecule has 94 valence electrons. The number of nitrogens with zero attached hydrogens (tertiary/aromatic N) is 1.